The highest BCUT2D eigenvalue weighted by molar-refractivity contribution is 6.09. The van der Waals surface area contributed by atoms with E-state index in [4.69, 9.17) is 5.73 Å². The van der Waals surface area contributed by atoms with Gasteiger partial charge in [-0.15, -0.1) is 5.10 Å². The summed E-state index contributed by atoms with van der Waals surface area (Å²) in [5, 5.41) is 8.68. The van der Waals surface area contributed by atoms with Gasteiger partial charge in [-0.25, -0.2) is 0 Å². The zero-order chi connectivity index (χ0) is 13.9. The lowest BCUT2D eigenvalue weighted by Crippen LogP contribution is -2.10. The monoisotopic (exact) mass is 267 g/mol. The van der Waals surface area contributed by atoms with Crippen molar-refractivity contribution in [3.05, 3.63) is 54.0 Å². The highest BCUT2D eigenvalue weighted by atomic mass is 16.1. The highest BCUT2D eigenvalue weighted by Gasteiger charge is 2.13. The lowest BCUT2D eigenvalue weighted by atomic mass is 10.1. The Hall–Kier alpha value is -2.60. The van der Waals surface area contributed by atoms with Crippen molar-refractivity contribution >= 4 is 16.7 Å². The summed E-state index contributed by atoms with van der Waals surface area (Å²) < 4.78 is 1.57. The average Bonchev–Trinajstić information content (AvgIpc) is 2.95. The minimum Gasteiger partial charge on any atom is -0.329 e. The van der Waals surface area contributed by atoms with Gasteiger partial charge in [0.15, 0.2) is 5.69 Å². The molecular formula is C14H13N5O. The summed E-state index contributed by atoms with van der Waals surface area (Å²) >= 11 is 0. The van der Waals surface area contributed by atoms with E-state index in [0.717, 1.165) is 10.9 Å². The fraction of sp³-hybridized carbons (Fsp3) is 0.143. The normalized spacial score (nSPS) is 10.8. The molecule has 0 amide bonds. The van der Waals surface area contributed by atoms with Crippen LogP contribution in [0.25, 0.3) is 10.9 Å². The number of pyridine rings is 1. The topological polar surface area (TPSA) is 86.7 Å². The minimum atomic E-state index is -0.154. The SMILES string of the molecule is NCCn1cc(C(=O)c2ccc3ncccc3c2)nn1. The first-order valence-corrected chi connectivity index (χ1v) is 6.27. The molecule has 0 fully saturated rings. The lowest BCUT2D eigenvalue weighted by molar-refractivity contribution is 0.103. The van der Waals surface area contributed by atoms with Crippen LogP contribution >= 0.6 is 0 Å². The van der Waals surface area contributed by atoms with Gasteiger partial charge in [0, 0.05) is 23.7 Å². The van der Waals surface area contributed by atoms with Crippen LogP contribution in [0, 0.1) is 0 Å². The summed E-state index contributed by atoms with van der Waals surface area (Å²) in [5.74, 6) is -0.154. The first-order chi connectivity index (χ1) is 9.78. The van der Waals surface area contributed by atoms with Crippen LogP contribution in [0.4, 0.5) is 0 Å². The number of aromatic nitrogens is 4. The van der Waals surface area contributed by atoms with E-state index in [1.807, 2.05) is 24.3 Å². The molecule has 2 N–H and O–H groups in total. The Morgan fingerprint density at radius 3 is 3.05 bits per heavy atom. The van der Waals surface area contributed by atoms with Gasteiger partial charge in [0.25, 0.3) is 0 Å². The minimum absolute atomic E-state index is 0.154. The summed E-state index contributed by atoms with van der Waals surface area (Å²) in [4.78, 5) is 16.6. The van der Waals surface area contributed by atoms with Gasteiger partial charge < -0.3 is 5.73 Å². The van der Waals surface area contributed by atoms with Crippen molar-refractivity contribution in [3.63, 3.8) is 0 Å². The van der Waals surface area contributed by atoms with Crippen molar-refractivity contribution in [2.75, 3.05) is 6.54 Å². The standard InChI is InChI=1S/C14H13N5O/c15-5-7-19-9-13(17-18-19)14(20)11-3-4-12-10(8-11)2-1-6-16-12/h1-4,6,8-9H,5,7,15H2. The van der Waals surface area contributed by atoms with Gasteiger partial charge in [-0.3, -0.25) is 14.5 Å². The summed E-state index contributed by atoms with van der Waals surface area (Å²) in [6.07, 6.45) is 3.34. The molecule has 0 spiro atoms. The van der Waals surface area contributed by atoms with Crippen molar-refractivity contribution < 1.29 is 4.79 Å². The summed E-state index contributed by atoms with van der Waals surface area (Å²) in [6, 6.07) is 9.15. The van der Waals surface area contributed by atoms with Gasteiger partial charge >= 0.3 is 0 Å². The molecule has 0 saturated heterocycles. The van der Waals surface area contributed by atoms with Crippen molar-refractivity contribution in [3.8, 4) is 0 Å². The van der Waals surface area contributed by atoms with Crippen LogP contribution in [-0.4, -0.2) is 32.3 Å². The second kappa shape index (κ2) is 5.18. The molecular weight excluding hydrogens is 254 g/mol. The number of carbonyl (C=O) groups is 1. The number of rotatable bonds is 4. The molecule has 0 aliphatic rings. The fourth-order valence-electron chi connectivity index (χ4n) is 2.01. The zero-order valence-corrected chi connectivity index (χ0v) is 10.7. The fourth-order valence-corrected chi connectivity index (χ4v) is 2.01. The van der Waals surface area contributed by atoms with E-state index in [1.165, 1.54) is 0 Å². The molecule has 2 aromatic heterocycles. The Labute approximate surface area is 115 Å². The molecule has 0 radical (unpaired) electrons. The predicted octanol–water partition coefficient (Wildman–Crippen LogP) is 1.02. The maximum absolute atomic E-state index is 12.3. The first-order valence-electron chi connectivity index (χ1n) is 6.27. The van der Waals surface area contributed by atoms with Gasteiger partial charge in [0.05, 0.1) is 18.3 Å². The van der Waals surface area contributed by atoms with E-state index >= 15 is 0 Å². The van der Waals surface area contributed by atoms with Gasteiger partial charge in [-0.05, 0) is 24.3 Å². The molecule has 0 aliphatic carbocycles. The first kappa shape index (κ1) is 12.4. The van der Waals surface area contributed by atoms with E-state index in [0.29, 0.717) is 24.3 Å². The van der Waals surface area contributed by atoms with E-state index < -0.39 is 0 Å². The van der Waals surface area contributed by atoms with Crippen molar-refractivity contribution in [2.45, 2.75) is 6.54 Å². The van der Waals surface area contributed by atoms with Crippen LogP contribution in [0.3, 0.4) is 0 Å². The quantitative estimate of drug-likeness (QED) is 0.713. The third-order valence-electron chi connectivity index (χ3n) is 2.99. The predicted molar refractivity (Wildman–Crippen MR) is 74.3 cm³/mol. The van der Waals surface area contributed by atoms with Crippen molar-refractivity contribution in [1.82, 2.24) is 20.0 Å². The molecule has 6 nitrogen and oxygen atoms in total. The van der Waals surface area contributed by atoms with Gasteiger partial charge in [-0.2, -0.15) is 0 Å². The maximum Gasteiger partial charge on any atom is 0.214 e. The number of carbonyl (C=O) groups excluding carboxylic acids is 1. The molecule has 3 rings (SSSR count). The molecule has 0 atom stereocenters. The number of fused-ring (bicyclic) bond motifs is 1. The average molecular weight is 267 g/mol. The summed E-state index contributed by atoms with van der Waals surface area (Å²) in [6.45, 7) is 1.00. The molecule has 100 valence electrons. The number of nitrogens with two attached hydrogens (primary N) is 1. The Kier molecular flexibility index (Phi) is 3.22. The van der Waals surface area contributed by atoms with Crippen molar-refractivity contribution in [2.24, 2.45) is 5.73 Å². The molecule has 1 aromatic carbocycles. The molecule has 0 bridgehead atoms. The van der Waals surface area contributed by atoms with Gasteiger partial charge in [-0.1, -0.05) is 11.3 Å². The Morgan fingerprint density at radius 1 is 1.30 bits per heavy atom. The van der Waals surface area contributed by atoms with Crippen molar-refractivity contribution in [1.29, 1.82) is 0 Å². The summed E-state index contributed by atoms with van der Waals surface area (Å²) in [7, 11) is 0. The highest BCUT2D eigenvalue weighted by Crippen LogP contribution is 2.15. The Balaban J connectivity index is 1.94. The smallest absolute Gasteiger partial charge is 0.214 e. The maximum atomic E-state index is 12.3. The van der Waals surface area contributed by atoms with Gasteiger partial charge in [0.1, 0.15) is 0 Å². The molecule has 20 heavy (non-hydrogen) atoms. The van der Waals surface area contributed by atoms with E-state index in [2.05, 4.69) is 15.3 Å². The molecule has 0 unspecified atom stereocenters. The zero-order valence-electron chi connectivity index (χ0n) is 10.7. The lowest BCUT2D eigenvalue weighted by Gasteiger charge is -2.00. The van der Waals surface area contributed by atoms with Crippen LogP contribution in [0.2, 0.25) is 0 Å². The van der Waals surface area contributed by atoms with E-state index in [1.54, 1.807) is 23.1 Å². The summed E-state index contributed by atoms with van der Waals surface area (Å²) in [5.41, 5.74) is 7.19. The molecule has 0 aliphatic heterocycles. The second-order valence-electron chi connectivity index (χ2n) is 4.40. The molecule has 2 heterocycles. The molecule has 3 aromatic rings. The Bertz CT molecular complexity index is 765. The number of hydrogen-bond donors (Lipinski definition) is 1. The number of benzene rings is 1. The van der Waals surface area contributed by atoms with Crippen LogP contribution in [0.15, 0.2) is 42.7 Å². The van der Waals surface area contributed by atoms with Crippen LogP contribution < -0.4 is 5.73 Å². The second-order valence-corrected chi connectivity index (χ2v) is 4.40. The number of ketones is 1. The third kappa shape index (κ3) is 2.28. The van der Waals surface area contributed by atoms with E-state index in [-0.39, 0.29) is 5.78 Å². The number of hydrogen-bond acceptors (Lipinski definition) is 5. The third-order valence-corrected chi connectivity index (χ3v) is 2.99. The van der Waals surface area contributed by atoms with E-state index in [9.17, 15) is 4.79 Å². The van der Waals surface area contributed by atoms with Crippen LogP contribution in [0.1, 0.15) is 16.1 Å². The van der Waals surface area contributed by atoms with Gasteiger partial charge in [0.2, 0.25) is 5.78 Å². The van der Waals surface area contributed by atoms with Crippen LogP contribution in [-0.2, 0) is 6.54 Å². The largest absolute Gasteiger partial charge is 0.329 e. The van der Waals surface area contributed by atoms with Crippen LogP contribution in [0.5, 0.6) is 0 Å². The molecule has 0 saturated carbocycles. The molecule has 6 heteroatoms. The Morgan fingerprint density at radius 2 is 2.20 bits per heavy atom. The number of nitrogens with zero attached hydrogens (tertiary/aromatic N) is 4.